The van der Waals surface area contributed by atoms with Gasteiger partial charge in [0.05, 0.1) is 23.0 Å². The fourth-order valence-electron chi connectivity index (χ4n) is 3.65. The first-order valence-corrected chi connectivity index (χ1v) is 10.2. The Morgan fingerprint density at radius 2 is 2.00 bits per heavy atom. The summed E-state index contributed by atoms with van der Waals surface area (Å²) in [6.45, 7) is 9.16. The zero-order valence-electron chi connectivity index (χ0n) is 16.2. The van der Waals surface area contributed by atoms with Crippen molar-refractivity contribution in [2.75, 3.05) is 26.2 Å². The molecule has 1 fully saturated rings. The molecule has 0 N–H and O–H groups in total. The van der Waals surface area contributed by atoms with Crippen LogP contribution < -0.4 is 0 Å². The van der Waals surface area contributed by atoms with Gasteiger partial charge in [0, 0.05) is 31.7 Å². The van der Waals surface area contributed by atoms with Crippen molar-refractivity contribution in [2.24, 2.45) is 0 Å². The lowest BCUT2D eigenvalue weighted by molar-refractivity contribution is -0.134. The highest BCUT2D eigenvalue weighted by atomic mass is 32.1. The summed E-state index contributed by atoms with van der Waals surface area (Å²) in [6, 6.07) is 3.94. The highest BCUT2D eigenvalue weighted by Gasteiger charge is 2.29. The second-order valence-electron chi connectivity index (χ2n) is 7.05. The molecule has 1 saturated heterocycles. The Hall–Kier alpha value is -2.52. The highest BCUT2D eigenvalue weighted by Crippen LogP contribution is 2.26. The van der Waals surface area contributed by atoms with E-state index in [1.54, 1.807) is 11.3 Å². The number of aryl methyl sites for hydroxylation is 2. The Kier molecular flexibility index (Phi) is 5.27. The zero-order valence-corrected chi connectivity index (χ0v) is 17.0. The van der Waals surface area contributed by atoms with E-state index in [1.807, 2.05) is 43.2 Å². The van der Waals surface area contributed by atoms with E-state index in [9.17, 15) is 4.79 Å². The van der Waals surface area contributed by atoms with Gasteiger partial charge in [-0.15, -0.1) is 11.3 Å². The van der Waals surface area contributed by atoms with Crippen LogP contribution in [-0.4, -0.2) is 57.2 Å². The average Bonchev–Trinajstić information content (AvgIpc) is 3.43. The van der Waals surface area contributed by atoms with Gasteiger partial charge in [0.1, 0.15) is 5.76 Å². The maximum absolute atomic E-state index is 12.9. The van der Waals surface area contributed by atoms with Gasteiger partial charge >= 0.3 is 0 Å². The average molecular weight is 401 g/mol. The molecular formula is C19H23N5O3S. The molecule has 1 atom stereocenters. The fourth-order valence-corrected chi connectivity index (χ4v) is 4.30. The maximum atomic E-state index is 12.9. The Balaban J connectivity index is 1.33. The van der Waals surface area contributed by atoms with Crippen LogP contribution in [0.5, 0.6) is 0 Å². The lowest BCUT2D eigenvalue weighted by Crippen LogP contribution is -2.49. The monoisotopic (exact) mass is 401 g/mol. The number of carbonyl (C=O) groups is 1. The highest BCUT2D eigenvalue weighted by molar-refractivity contribution is 7.13. The van der Waals surface area contributed by atoms with Gasteiger partial charge in [-0.25, -0.2) is 0 Å². The summed E-state index contributed by atoms with van der Waals surface area (Å²) < 4.78 is 10.6. The molecule has 28 heavy (non-hydrogen) atoms. The first-order valence-electron chi connectivity index (χ1n) is 9.33. The van der Waals surface area contributed by atoms with E-state index in [1.165, 1.54) is 0 Å². The van der Waals surface area contributed by atoms with Gasteiger partial charge in [0.25, 0.3) is 0 Å². The number of carbonyl (C=O) groups excluding carboxylic acids is 1. The van der Waals surface area contributed by atoms with Gasteiger partial charge in [-0.2, -0.15) is 4.98 Å². The van der Waals surface area contributed by atoms with Crippen LogP contribution in [0.2, 0.25) is 0 Å². The molecule has 9 heteroatoms. The van der Waals surface area contributed by atoms with Crippen LogP contribution in [0, 0.1) is 13.8 Å². The van der Waals surface area contributed by atoms with Gasteiger partial charge in [-0.1, -0.05) is 16.4 Å². The third-order valence-corrected chi connectivity index (χ3v) is 6.01. The molecule has 0 aromatic carbocycles. The van der Waals surface area contributed by atoms with Crippen LogP contribution in [0.1, 0.15) is 35.7 Å². The van der Waals surface area contributed by atoms with Gasteiger partial charge in [-0.05, 0) is 32.2 Å². The van der Waals surface area contributed by atoms with Crippen molar-refractivity contribution in [3.63, 3.8) is 0 Å². The van der Waals surface area contributed by atoms with Gasteiger partial charge < -0.3 is 13.9 Å². The topological polar surface area (TPSA) is 88.5 Å². The van der Waals surface area contributed by atoms with Gasteiger partial charge in [0.2, 0.25) is 17.6 Å². The number of amides is 1. The van der Waals surface area contributed by atoms with Crippen molar-refractivity contribution in [3.05, 3.63) is 40.4 Å². The molecule has 4 heterocycles. The molecule has 1 aliphatic rings. The van der Waals surface area contributed by atoms with E-state index < -0.39 is 0 Å². The molecule has 4 rings (SSSR count). The van der Waals surface area contributed by atoms with E-state index in [-0.39, 0.29) is 11.8 Å². The molecule has 1 amide bonds. The van der Waals surface area contributed by atoms with Crippen molar-refractivity contribution in [1.82, 2.24) is 25.1 Å². The number of thiophene rings is 1. The number of aromatic nitrogens is 3. The van der Waals surface area contributed by atoms with E-state index in [0.717, 1.165) is 35.0 Å². The van der Waals surface area contributed by atoms with Crippen LogP contribution in [0.3, 0.4) is 0 Å². The Morgan fingerprint density at radius 1 is 1.21 bits per heavy atom. The van der Waals surface area contributed by atoms with Crippen LogP contribution in [0.4, 0.5) is 0 Å². The minimum absolute atomic E-state index is 0.117. The molecule has 3 aromatic rings. The number of rotatable bonds is 5. The van der Waals surface area contributed by atoms with Crippen LogP contribution in [0.25, 0.3) is 10.7 Å². The number of nitrogens with zero attached hydrogens (tertiary/aromatic N) is 5. The normalized spacial score (nSPS) is 16.5. The number of hydrogen-bond acceptors (Lipinski definition) is 8. The fraction of sp³-hybridized carbons (Fsp3) is 0.474. The van der Waals surface area contributed by atoms with E-state index in [0.29, 0.717) is 31.3 Å². The summed E-state index contributed by atoms with van der Waals surface area (Å²) in [4.78, 5) is 22.5. The molecule has 148 valence electrons. The Bertz CT molecular complexity index is 921. The lowest BCUT2D eigenvalue weighted by Gasteiger charge is -2.35. The number of hydrogen-bond donors (Lipinski definition) is 0. The molecule has 1 unspecified atom stereocenters. The molecule has 0 saturated carbocycles. The largest absolute Gasteiger partial charge is 0.361 e. The molecule has 0 bridgehead atoms. The summed E-state index contributed by atoms with van der Waals surface area (Å²) >= 11 is 1.59. The molecule has 1 aliphatic heterocycles. The summed E-state index contributed by atoms with van der Waals surface area (Å²) in [6.07, 6.45) is 0. The summed E-state index contributed by atoms with van der Waals surface area (Å²) in [5, 5.41) is 10.0. The van der Waals surface area contributed by atoms with Crippen molar-refractivity contribution < 1.29 is 13.8 Å². The second-order valence-corrected chi connectivity index (χ2v) is 8.00. The summed E-state index contributed by atoms with van der Waals surface area (Å²) in [5.74, 6) is 1.82. The predicted octanol–water partition coefficient (Wildman–Crippen LogP) is 2.85. The van der Waals surface area contributed by atoms with E-state index in [4.69, 9.17) is 9.05 Å². The molecule has 3 aromatic heterocycles. The smallest absolute Gasteiger partial charge is 0.241 e. The second kappa shape index (κ2) is 7.84. The molecular weight excluding hydrogens is 378 g/mol. The van der Waals surface area contributed by atoms with Crippen molar-refractivity contribution >= 4 is 17.2 Å². The van der Waals surface area contributed by atoms with Gasteiger partial charge in [-0.3, -0.25) is 9.69 Å². The van der Waals surface area contributed by atoms with Crippen LogP contribution in [0.15, 0.2) is 26.6 Å². The first kappa shape index (κ1) is 18.8. The predicted molar refractivity (Wildman–Crippen MR) is 104 cm³/mol. The van der Waals surface area contributed by atoms with Crippen LogP contribution >= 0.6 is 11.3 Å². The van der Waals surface area contributed by atoms with Crippen molar-refractivity contribution in [1.29, 1.82) is 0 Å². The van der Waals surface area contributed by atoms with E-state index >= 15 is 0 Å². The molecule has 0 radical (unpaired) electrons. The minimum atomic E-state index is -0.248. The van der Waals surface area contributed by atoms with Crippen molar-refractivity contribution in [3.8, 4) is 10.7 Å². The van der Waals surface area contributed by atoms with Crippen LogP contribution in [-0.2, 0) is 11.3 Å². The summed E-state index contributed by atoms with van der Waals surface area (Å²) in [7, 11) is 0. The lowest BCUT2D eigenvalue weighted by atomic mass is 9.97. The Labute approximate surface area is 167 Å². The molecule has 8 nitrogen and oxygen atoms in total. The molecule has 0 spiro atoms. The van der Waals surface area contributed by atoms with Gasteiger partial charge in [0.15, 0.2) is 0 Å². The van der Waals surface area contributed by atoms with E-state index in [2.05, 4.69) is 20.2 Å². The Morgan fingerprint density at radius 3 is 2.64 bits per heavy atom. The standard InChI is InChI=1S/C19H23N5O3S/c1-12(17-13(2)21-26-14(17)3)19(25)24-8-6-23(7-9-24)11-16-20-18(22-27-16)15-5-4-10-28-15/h4-5,10,12H,6-9,11H2,1-3H3. The van der Waals surface area contributed by atoms with Crippen molar-refractivity contribution in [2.45, 2.75) is 33.2 Å². The maximum Gasteiger partial charge on any atom is 0.241 e. The minimum Gasteiger partial charge on any atom is -0.361 e. The quantitative estimate of drug-likeness (QED) is 0.649. The summed E-state index contributed by atoms with van der Waals surface area (Å²) in [5.41, 5.74) is 1.69. The SMILES string of the molecule is Cc1noc(C)c1C(C)C(=O)N1CCN(Cc2nc(-c3cccs3)no2)CC1. The third-order valence-electron chi connectivity index (χ3n) is 5.14. The number of piperazine rings is 1. The first-order chi connectivity index (χ1) is 13.5. The zero-order chi connectivity index (χ0) is 19.7. The molecule has 0 aliphatic carbocycles. The third kappa shape index (κ3) is 3.72.